The highest BCUT2D eigenvalue weighted by atomic mass is 16.1. The van der Waals surface area contributed by atoms with Gasteiger partial charge in [-0.1, -0.05) is 32.0 Å². The van der Waals surface area contributed by atoms with Crippen molar-refractivity contribution in [2.75, 3.05) is 7.05 Å². The van der Waals surface area contributed by atoms with Gasteiger partial charge in [0.1, 0.15) is 0 Å². The number of pyridine rings is 1. The lowest BCUT2D eigenvalue weighted by Gasteiger charge is -2.10. The maximum atomic E-state index is 11.9. The molecular weight excluding hydrogens is 212 g/mol. The number of rotatable bonds is 3. The second-order valence-corrected chi connectivity index (χ2v) is 4.62. The summed E-state index contributed by atoms with van der Waals surface area (Å²) in [6.45, 7) is 4.86. The summed E-state index contributed by atoms with van der Waals surface area (Å²) in [6.07, 6.45) is 0. The molecule has 2 N–H and O–H groups in total. The summed E-state index contributed by atoms with van der Waals surface area (Å²) in [6, 6.07) is 8.12. The van der Waals surface area contributed by atoms with E-state index >= 15 is 0 Å². The predicted octanol–water partition coefficient (Wildman–Crippen LogP) is 2.37. The first-order valence-electron chi connectivity index (χ1n) is 5.93. The van der Waals surface area contributed by atoms with Crippen LogP contribution in [0.25, 0.3) is 10.9 Å². The fraction of sp³-hybridized carbons (Fsp3) is 0.357. The van der Waals surface area contributed by atoms with E-state index in [0.29, 0.717) is 12.5 Å². The first kappa shape index (κ1) is 11.9. The van der Waals surface area contributed by atoms with Crippen LogP contribution in [0.2, 0.25) is 0 Å². The minimum atomic E-state index is -0.0000463. The number of nitrogens with one attached hydrogen (secondary N) is 2. The van der Waals surface area contributed by atoms with Gasteiger partial charge in [-0.2, -0.15) is 0 Å². The molecule has 0 amide bonds. The Balaban J connectivity index is 2.69. The molecule has 17 heavy (non-hydrogen) atoms. The molecule has 0 atom stereocenters. The Hall–Kier alpha value is -1.61. The summed E-state index contributed by atoms with van der Waals surface area (Å²) < 4.78 is 0. The molecule has 90 valence electrons. The van der Waals surface area contributed by atoms with Crippen molar-refractivity contribution in [1.82, 2.24) is 10.3 Å². The second kappa shape index (κ2) is 4.72. The van der Waals surface area contributed by atoms with E-state index in [1.54, 1.807) is 0 Å². The number of fused-ring (bicyclic) bond motifs is 1. The summed E-state index contributed by atoms with van der Waals surface area (Å²) >= 11 is 0. The van der Waals surface area contributed by atoms with Crippen LogP contribution in [-0.2, 0) is 6.54 Å². The van der Waals surface area contributed by atoms with Gasteiger partial charge in [-0.3, -0.25) is 4.79 Å². The highest BCUT2D eigenvalue weighted by molar-refractivity contribution is 5.82. The molecule has 0 radical (unpaired) electrons. The van der Waals surface area contributed by atoms with E-state index in [2.05, 4.69) is 30.2 Å². The Kier molecular flexibility index (Phi) is 3.29. The topological polar surface area (TPSA) is 44.9 Å². The summed E-state index contributed by atoms with van der Waals surface area (Å²) in [7, 11) is 1.84. The Bertz CT molecular complexity index is 584. The van der Waals surface area contributed by atoms with E-state index in [9.17, 15) is 4.79 Å². The fourth-order valence-electron chi connectivity index (χ4n) is 2.10. The van der Waals surface area contributed by atoms with Gasteiger partial charge in [-0.15, -0.1) is 0 Å². The van der Waals surface area contributed by atoms with Crippen molar-refractivity contribution in [1.29, 1.82) is 0 Å². The monoisotopic (exact) mass is 230 g/mol. The number of hydrogen-bond acceptors (Lipinski definition) is 2. The third kappa shape index (κ3) is 2.24. The van der Waals surface area contributed by atoms with Crippen LogP contribution in [0.4, 0.5) is 0 Å². The molecule has 0 aliphatic heterocycles. The Morgan fingerprint density at radius 3 is 2.76 bits per heavy atom. The number of aromatic amines is 1. The van der Waals surface area contributed by atoms with Crippen LogP contribution in [0.5, 0.6) is 0 Å². The fourth-order valence-corrected chi connectivity index (χ4v) is 2.10. The molecule has 2 aromatic rings. The van der Waals surface area contributed by atoms with Gasteiger partial charge in [0.2, 0.25) is 0 Å². The predicted molar refractivity (Wildman–Crippen MR) is 71.4 cm³/mol. The molecule has 2 rings (SSSR count). The van der Waals surface area contributed by atoms with Gasteiger partial charge >= 0.3 is 0 Å². The van der Waals surface area contributed by atoms with Crippen LogP contribution in [0.1, 0.15) is 30.9 Å². The van der Waals surface area contributed by atoms with E-state index in [-0.39, 0.29) is 5.56 Å². The first-order valence-corrected chi connectivity index (χ1v) is 5.93. The molecule has 0 aliphatic rings. The Labute approximate surface area is 101 Å². The van der Waals surface area contributed by atoms with Gasteiger partial charge in [0, 0.05) is 12.1 Å². The highest BCUT2D eigenvalue weighted by Crippen LogP contribution is 2.22. The third-order valence-corrected chi connectivity index (χ3v) is 2.98. The SMILES string of the molecule is CNCc1cc2cccc(C(C)C)c2[nH]c1=O. The van der Waals surface area contributed by atoms with Gasteiger partial charge in [0.15, 0.2) is 0 Å². The van der Waals surface area contributed by atoms with Crippen molar-refractivity contribution in [3.8, 4) is 0 Å². The lowest BCUT2D eigenvalue weighted by molar-refractivity contribution is 0.806. The van der Waals surface area contributed by atoms with Gasteiger partial charge in [0.05, 0.1) is 5.52 Å². The quantitative estimate of drug-likeness (QED) is 0.850. The number of hydrogen-bond donors (Lipinski definition) is 2. The maximum Gasteiger partial charge on any atom is 0.252 e. The van der Waals surface area contributed by atoms with E-state index in [4.69, 9.17) is 0 Å². The average molecular weight is 230 g/mol. The van der Waals surface area contributed by atoms with Crippen LogP contribution in [0.15, 0.2) is 29.1 Å². The van der Waals surface area contributed by atoms with Gasteiger partial charge in [0.25, 0.3) is 5.56 Å². The molecule has 1 aromatic heterocycles. The summed E-state index contributed by atoms with van der Waals surface area (Å²) in [4.78, 5) is 14.9. The largest absolute Gasteiger partial charge is 0.321 e. The average Bonchev–Trinajstić information content (AvgIpc) is 2.29. The van der Waals surface area contributed by atoms with Crippen molar-refractivity contribution >= 4 is 10.9 Å². The molecule has 3 heteroatoms. The third-order valence-electron chi connectivity index (χ3n) is 2.98. The van der Waals surface area contributed by atoms with Crippen molar-refractivity contribution in [3.63, 3.8) is 0 Å². The lowest BCUT2D eigenvalue weighted by Crippen LogP contribution is -2.18. The van der Waals surface area contributed by atoms with Crippen molar-refractivity contribution in [2.24, 2.45) is 0 Å². The van der Waals surface area contributed by atoms with E-state index < -0.39 is 0 Å². The molecular formula is C14H18N2O. The Morgan fingerprint density at radius 2 is 2.12 bits per heavy atom. The zero-order valence-corrected chi connectivity index (χ0v) is 10.5. The molecule has 0 saturated heterocycles. The molecule has 3 nitrogen and oxygen atoms in total. The number of para-hydroxylation sites is 1. The van der Waals surface area contributed by atoms with Crippen molar-refractivity contribution in [2.45, 2.75) is 26.3 Å². The molecule has 0 bridgehead atoms. The van der Waals surface area contributed by atoms with Crippen LogP contribution in [-0.4, -0.2) is 12.0 Å². The van der Waals surface area contributed by atoms with Gasteiger partial charge in [-0.05, 0) is 30.0 Å². The summed E-state index contributed by atoms with van der Waals surface area (Å²) in [5.74, 6) is 0.407. The van der Waals surface area contributed by atoms with Crippen LogP contribution in [0.3, 0.4) is 0 Å². The normalized spacial score (nSPS) is 11.3. The molecule has 0 spiro atoms. The lowest BCUT2D eigenvalue weighted by atomic mass is 9.99. The smallest absolute Gasteiger partial charge is 0.252 e. The molecule has 1 heterocycles. The van der Waals surface area contributed by atoms with Crippen LogP contribution in [0, 0.1) is 0 Å². The van der Waals surface area contributed by atoms with E-state index in [1.165, 1.54) is 5.56 Å². The molecule has 0 fully saturated rings. The minimum absolute atomic E-state index is 0.0000463. The molecule has 0 saturated carbocycles. The standard InChI is InChI=1S/C14H18N2O/c1-9(2)12-6-4-5-10-7-11(8-15-3)14(17)16-13(10)12/h4-7,9,15H,8H2,1-3H3,(H,16,17). The second-order valence-electron chi connectivity index (χ2n) is 4.62. The summed E-state index contributed by atoms with van der Waals surface area (Å²) in [5.41, 5.74) is 2.93. The minimum Gasteiger partial charge on any atom is -0.321 e. The van der Waals surface area contributed by atoms with Crippen molar-refractivity contribution < 1.29 is 0 Å². The highest BCUT2D eigenvalue weighted by Gasteiger charge is 2.08. The first-order chi connectivity index (χ1) is 8.13. The number of H-pyrrole nitrogens is 1. The van der Waals surface area contributed by atoms with E-state index in [0.717, 1.165) is 16.5 Å². The van der Waals surface area contributed by atoms with Gasteiger partial charge in [-0.25, -0.2) is 0 Å². The number of aromatic nitrogens is 1. The van der Waals surface area contributed by atoms with Gasteiger partial charge < -0.3 is 10.3 Å². The zero-order chi connectivity index (χ0) is 12.4. The van der Waals surface area contributed by atoms with Crippen LogP contribution < -0.4 is 10.9 Å². The Morgan fingerprint density at radius 1 is 1.35 bits per heavy atom. The maximum absolute atomic E-state index is 11.9. The molecule has 1 aromatic carbocycles. The van der Waals surface area contributed by atoms with Crippen LogP contribution >= 0.6 is 0 Å². The van der Waals surface area contributed by atoms with Crippen molar-refractivity contribution in [3.05, 3.63) is 45.7 Å². The summed E-state index contributed by atoms with van der Waals surface area (Å²) in [5, 5.41) is 4.11. The zero-order valence-electron chi connectivity index (χ0n) is 10.5. The number of benzene rings is 1. The molecule has 0 unspecified atom stereocenters. The molecule has 0 aliphatic carbocycles. The van der Waals surface area contributed by atoms with E-state index in [1.807, 2.05) is 25.2 Å².